The number of Topliss-reactive ketones (excluding diaryl/α,β-unsaturated/α-hetero) is 1. The minimum atomic E-state index is -1.43. The van der Waals surface area contributed by atoms with Crippen molar-refractivity contribution in [1.82, 2.24) is 4.98 Å². The number of pyridine rings is 1. The Morgan fingerprint density at radius 3 is 2.55 bits per heavy atom. The highest BCUT2D eigenvalue weighted by atomic mass is 16.5. The second-order valence-electron chi connectivity index (χ2n) is 4.87. The maximum atomic E-state index is 11.1. The van der Waals surface area contributed by atoms with Crippen molar-refractivity contribution in [3.63, 3.8) is 0 Å². The number of para-hydroxylation sites is 1. The second kappa shape index (κ2) is 7.36. The number of ether oxygens (including phenoxy) is 1. The quantitative estimate of drug-likeness (QED) is 0.792. The zero-order chi connectivity index (χ0) is 15.9. The van der Waals surface area contributed by atoms with Crippen LogP contribution in [-0.2, 0) is 28.9 Å². The van der Waals surface area contributed by atoms with Crippen LogP contribution in [0.4, 0.5) is 0 Å². The highest BCUT2D eigenvalue weighted by Gasteiger charge is 2.12. The van der Waals surface area contributed by atoms with Crippen LogP contribution in [0.3, 0.4) is 0 Å². The van der Waals surface area contributed by atoms with Crippen molar-refractivity contribution >= 4 is 11.8 Å². The summed E-state index contributed by atoms with van der Waals surface area (Å²) in [5, 5.41) is 8.57. The van der Waals surface area contributed by atoms with Crippen molar-refractivity contribution in [1.29, 1.82) is 0 Å². The largest absolute Gasteiger partial charge is 0.496 e. The molecule has 0 amide bonds. The lowest BCUT2D eigenvalue weighted by atomic mass is 10.0. The van der Waals surface area contributed by atoms with Gasteiger partial charge < -0.3 is 9.84 Å². The molecule has 5 heteroatoms. The third-order valence-corrected chi connectivity index (χ3v) is 3.34. The van der Waals surface area contributed by atoms with Gasteiger partial charge in [-0.1, -0.05) is 24.3 Å². The predicted octanol–water partition coefficient (Wildman–Crippen LogP) is 2.07. The molecule has 0 saturated carbocycles. The molecule has 0 aliphatic heterocycles. The summed E-state index contributed by atoms with van der Waals surface area (Å²) >= 11 is 0. The number of methoxy groups -OCH3 is 1. The summed E-state index contributed by atoms with van der Waals surface area (Å²) in [4.78, 5) is 25.8. The zero-order valence-corrected chi connectivity index (χ0v) is 12.3. The Morgan fingerprint density at radius 2 is 1.91 bits per heavy atom. The maximum Gasteiger partial charge on any atom is 0.372 e. The third kappa shape index (κ3) is 4.15. The molecule has 2 aromatic rings. The molecule has 5 nitrogen and oxygen atoms in total. The summed E-state index contributed by atoms with van der Waals surface area (Å²) in [7, 11) is 1.65. The topological polar surface area (TPSA) is 76.5 Å². The average Bonchev–Trinajstić information content (AvgIpc) is 2.54. The number of ketones is 1. The van der Waals surface area contributed by atoms with Crippen molar-refractivity contribution < 1.29 is 19.4 Å². The number of aromatic nitrogens is 1. The molecular formula is C17H17NO4. The Kier molecular flexibility index (Phi) is 5.25. The van der Waals surface area contributed by atoms with Crippen molar-refractivity contribution in [2.75, 3.05) is 7.11 Å². The highest BCUT2D eigenvalue weighted by Crippen LogP contribution is 2.19. The van der Waals surface area contributed by atoms with Gasteiger partial charge in [-0.2, -0.15) is 0 Å². The van der Waals surface area contributed by atoms with Crippen LogP contribution < -0.4 is 4.74 Å². The fraction of sp³-hybridized carbons (Fsp3) is 0.235. The van der Waals surface area contributed by atoms with Gasteiger partial charge in [0, 0.05) is 11.9 Å². The van der Waals surface area contributed by atoms with Crippen LogP contribution in [0.15, 0.2) is 42.6 Å². The number of carbonyl (C=O) groups excluding carboxylic acids is 1. The Labute approximate surface area is 128 Å². The molecule has 0 fully saturated rings. The third-order valence-electron chi connectivity index (χ3n) is 3.34. The molecule has 114 valence electrons. The monoisotopic (exact) mass is 299 g/mol. The zero-order valence-electron chi connectivity index (χ0n) is 12.3. The molecule has 1 aromatic carbocycles. The van der Waals surface area contributed by atoms with Gasteiger partial charge in [-0.25, -0.2) is 4.79 Å². The van der Waals surface area contributed by atoms with Crippen LogP contribution in [0.5, 0.6) is 5.75 Å². The van der Waals surface area contributed by atoms with Crippen molar-refractivity contribution in [3.05, 3.63) is 59.4 Å². The number of hydrogen-bond acceptors (Lipinski definition) is 4. The Bertz CT molecular complexity index is 665. The second-order valence-corrected chi connectivity index (χ2v) is 4.87. The lowest BCUT2D eigenvalue weighted by Gasteiger charge is -2.08. The van der Waals surface area contributed by atoms with E-state index in [-0.39, 0.29) is 6.42 Å². The van der Waals surface area contributed by atoms with Crippen LogP contribution >= 0.6 is 0 Å². The number of benzene rings is 1. The number of aliphatic carboxylic acids is 1. The first kappa shape index (κ1) is 15.7. The lowest BCUT2D eigenvalue weighted by Crippen LogP contribution is -2.15. The number of rotatable bonds is 7. The van der Waals surface area contributed by atoms with Gasteiger partial charge in [0.2, 0.25) is 5.78 Å². The molecule has 0 bridgehead atoms. The molecule has 0 aliphatic rings. The first-order chi connectivity index (χ1) is 10.6. The van der Waals surface area contributed by atoms with E-state index in [9.17, 15) is 9.59 Å². The van der Waals surface area contributed by atoms with Crippen molar-refractivity contribution in [2.45, 2.75) is 19.3 Å². The van der Waals surface area contributed by atoms with E-state index in [2.05, 4.69) is 4.98 Å². The number of carboxylic acid groups (broad SMARTS) is 1. The van der Waals surface area contributed by atoms with Crippen LogP contribution in [-0.4, -0.2) is 29.0 Å². The number of carboxylic acids is 1. The number of carbonyl (C=O) groups is 2. The summed E-state index contributed by atoms with van der Waals surface area (Å²) in [6.45, 7) is 0. The van der Waals surface area contributed by atoms with Crippen LogP contribution in [0.25, 0.3) is 0 Å². The van der Waals surface area contributed by atoms with Crippen LogP contribution in [0, 0.1) is 0 Å². The summed E-state index contributed by atoms with van der Waals surface area (Å²) in [5.74, 6) is -1.42. The summed E-state index contributed by atoms with van der Waals surface area (Å²) < 4.78 is 5.31. The molecule has 1 aromatic heterocycles. The van der Waals surface area contributed by atoms with Gasteiger partial charge in [-0.3, -0.25) is 9.78 Å². The molecule has 0 aliphatic carbocycles. The molecule has 0 saturated heterocycles. The fourth-order valence-corrected chi connectivity index (χ4v) is 2.14. The van der Waals surface area contributed by atoms with Gasteiger partial charge in [-0.05, 0) is 36.1 Å². The van der Waals surface area contributed by atoms with Crippen LogP contribution in [0.2, 0.25) is 0 Å². The molecule has 2 rings (SSSR count). The maximum absolute atomic E-state index is 11.1. The molecule has 22 heavy (non-hydrogen) atoms. The molecule has 0 atom stereocenters. The highest BCUT2D eigenvalue weighted by molar-refractivity contribution is 6.33. The van der Waals surface area contributed by atoms with Gasteiger partial charge in [0.05, 0.1) is 13.5 Å². The smallest absolute Gasteiger partial charge is 0.372 e. The van der Waals surface area contributed by atoms with Gasteiger partial charge in [0.1, 0.15) is 5.75 Å². The first-order valence-electron chi connectivity index (χ1n) is 6.92. The number of aryl methyl sites for hydroxylation is 2. The standard InChI is InChI=1S/C17H17NO4/c1-22-16-5-3-2-4-13(16)8-6-12-7-9-14(18-11-12)10-15(19)17(20)21/h2-5,7,9,11H,6,8,10H2,1H3,(H,20,21). The number of nitrogens with zero attached hydrogens (tertiary/aromatic N) is 1. The van der Waals surface area contributed by atoms with Crippen LogP contribution in [0.1, 0.15) is 16.8 Å². The molecule has 1 N–H and O–H groups in total. The van der Waals surface area contributed by atoms with E-state index in [1.807, 2.05) is 30.3 Å². The Hall–Kier alpha value is -2.69. The Morgan fingerprint density at radius 1 is 1.14 bits per heavy atom. The summed E-state index contributed by atoms with van der Waals surface area (Å²) in [5.41, 5.74) is 2.61. The first-order valence-corrected chi connectivity index (χ1v) is 6.92. The fourth-order valence-electron chi connectivity index (χ4n) is 2.14. The van der Waals surface area contributed by atoms with Crippen molar-refractivity contribution in [3.8, 4) is 5.75 Å². The van der Waals surface area contributed by atoms with E-state index >= 15 is 0 Å². The van der Waals surface area contributed by atoms with E-state index in [0.717, 1.165) is 29.7 Å². The number of hydrogen-bond donors (Lipinski definition) is 1. The Balaban J connectivity index is 1.97. The molecule has 1 heterocycles. The van der Waals surface area contributed by atoms with E-state index in [0.29, 0.717) is 5.69 Å². The van der Waals surface area contributed by atoms with E-state index < -0.39 is 11.8 Å². The van der Waals surface area contributed by atoms with E-state index in [1.165, 1.54) is 0 Å². The molecular weight excluding hydrogens is 282 g/mol. The minimum Gasteiger partial charge on any atom is -0.496 e. The van der Waals surface area contributed by atoms with Gasteiger partial charge in [-0.15, -0.1) is 0 Å². The van der Waals surface area contributed by atoms with Crippen molar-refractivity contribution in [2.24, 2.45) is 0 Å². The molecule has 0 spiro atoms. The van der Waals surface area contributed by atoms with Gasteiger partial charge >= 0.3 is 5.97 Å². The van der Waals surface area contributed by atoms with Gasteiger partial charge in [0.15, 0.2) is 0 Å². The summed E-state index contributed by atoms with van der Waals surface area (Å²) in [6, 6.07) is 11.4. The lowest BCUT2D eigenvalue weighted by molar-refractivity contribution is -0.148. The average molecular weight is 299 g/mol. The normalized spacial score (nSPS) is 10.2. The molecule has 0 unspecified atom stereocenters. The SMILES string of the molecule is COc1ccccc1CCc1ccc(CC(=O)C(=O)O)nc1. The molecule has 0 radical (unpaired) electrons. The van der Waals surface area contributed by atoms with Gasteiger partial charge in [0.25, 0.3) is 0 Å². The summed E-state index contributed by atoms with van der Waals surface area (Å²) in [6.07, 6.45) is 3.11. The van der Waals surface area contributed by atoms with E-state index in [1.54, 1.807) is 19.4 Å². The predicted molar refractivity (Wildman–Crippen MR) is 81.0 cm³/mol. The minimum absolute atomic E-state index is 0.178. The van der Waals surface area contributed by atoms with E-state index in [4.69, 9.17) is 9.84 Å².